The lowest BCUT2D eigenvalue weighted by atomic mass is 10.2. The van der Waals surface area contributed by atoms with Gasteiger partial charge in [-0.25, -0.2) is 4.98 Å². The molecule has 0 aliphatic carbocycles. The maximum Gasteiger partial charge on any atom is 0.293 e. The number of nitrogens with one attached hydrogen (secondary N) is 1. The smallest absolute Gasteiger partial charge is 0.293 e. The van der Waals surface area contributed by atoms with Crippen LogP contribution in [0.5, 0.6) is 0 Å². The van der Waals surface area contributed by atoms with Crippen molar-refractivity contribution < 1.29 is 9.21 Å². The number of hydrogen-bond donors (Lipinski definition) is 1. The highest BCUT2D eigenvalue weighted by Crippen LogP contribution is 2.16. The minimum Gasteiger partial charge on any atom is -0.438 e. The Bertz CT molecular complexity index is 694. The van der Waals surface area contributed by atoms with Crippen LogP contribution in [0.1, 0.15) is 10.6 Å². The van der Waals surface area contributed by atoms with Gasteiger partial charge >= 0.3 is 0 Å². The quantitative estimate of drug-likeness (QED) is 0.787. The average molecular weight is 266 g/mol. The van der Waals surface area contributed by atoms with E-state index in [0.717, 1.165) is 11.4 Å². The van der Waals surface area contributed by atoms with Crippen LogP contribution in [0.2, 0.25) is 0 Å². The number of rotatable bonds is 3. The van der Waals surface area contributed by atoms with Crippen molar-refractivity contribution in [2.24, 2.45) is 0 Å². The Morgan fingerprint density at radius 2 is 1.95 bits per heavy atom. The number of nitrogens with zero attached hydrogens (tertiary/aromatic N) is 3. The van der Waals surface area contributed by atoms with E-state index in [4.69, 9.17) is 4.42 Å². The summed E-state index contributed by atoms with van der Waals surface area (Å²) in [4.78, 5) is 23.9. The van der Waals surface area contributed by atoms with Gasteiger partial charge in [-0.05, 0) is 24.3 Å². The molecule has 0 spiro atoms. The van der Waals surface area contributed by atoms with E-state index in [0.29, 0.717) is 5.69 Å². The maximum atomic E-state index is 11.7. The van der Waals surface area contributed by atoms with E-state index in [-0.39, 0.29) is 11.7 Å². The Hall–Kier alpha value is -3.02. The van der Waals surface area contributed by atoms with Gasteiger partial charge in [-0.2, -0.15) is 0 Å². The molecule has 3 aromatic heterocycles. The van der Waals surface area contributed by atoms with Crippen LogP contribution in [-0.2, 0) is 0 Å². The summed E-state index contributed by atoms with van der Waals surface area (Å²) < 4.78 is 4.91. The molecule has 98 valence electrons. The van der Waals surface area contributed by atoms with Crippen molar-refractivity contribution in [2.45, 2.75) is 0 Å². The second-order valence-corrected chi connectivity index (χ2v) is 3.97. The van der Waals surface area contributed by atoms with Crippen molar-refractivity contribution in [1.82, 2.24) is 15.0 Å². The summed E-state index contributed by atoms with van der Waals surface area (Å²) in [6, 6.07) is 9.15. The Balaban J connectivity index is 1.75. The number of pyridine rings is 2. The highest BCUT2D eigenvalue weighted by atomic mass is 16.3. The topological polar surface area (TPSA) is 80.9 Å². The first-order valence-corrected chi connectivity index (χ1v) is 5.90. The van der Waals surface area contributed by atoms with Crippen LogP contribution in [0.3, 0.4) is 0 Å². The van der Waals surface area contributed by atoms with Crippen molar-refractivity contribution in [3.05, 3.63) is 61.1 Å². The van der Waals surface area contributed by atoms with Gasteiger partial charge in [0.1, 0.15) is 0 Å². The zero-order valence-corrected chi connectivity index (χ0v) is 10.4. The number of carbonyl (C=O) groups excluding carboxylic acids is 1. The normalized spacial score (nSPS) is 10.2. The number of anilines is 1. The zero-order valence-electron chi connectivity index (χ0n) is 10.4. The molecule has 20 heavy (non-hydrogen) atoms. The van der Waals surface area contributed by atoms with Gasteiger partial charge in [0.15, 0.2) is 6.39 Å². The first-order valence-electron chi connectivity index (χ1n) is 5.90. The average Bonchev–Trinajstić information content (AvgIpc) is 3.03. The molecule has 0 fully saturated rings. The molecule has 3 rings (SSSR count). The third-order valence-corrected chi connectivity index (χ3v) is 2.60. The van der Waals surface area contributed by atoms with E-state index in [9.17, 15) is 4.79 Å². The molecule has 1 amide bonds. The summed E-state index contributed by atoms with van der Waals surface area (Å²) in [5.41, 5.74) is 2.09. The summed E-state index contributed by atoms with van der Waals surface area (Å²) in [6.45, 7) is 0. The van der Waals surface area contributed by atoms with Crippen LogP contribution in [0.15, 0.2) is 59.7 Å². The zero-order chi connectivity index (χ0) is 13.8. The molecule has 0 aromatic carbocycles. The van der Waals surface area contributed by atoms with Crippen LogP contribution < -0.4 is 5.32 Å². The lowest BCUT2D eigenvalue weighted by molar-refractivity contribution is 0.0996. The van der Waals surface area contributed by atoms with Crippen LogP contribution in [0.25, 0.3) is 11.4 Å². The lowest BCUT2D eigenvalue weighted by Crippen LogP contribution is -2.11. The van der Waals surface area contributed by atoms with Gasteiger partial charge in [0, 0.05) is 6.20 Å². The molecule has 0 aliphatic heterocycles. The van der Waals surface area contributed by atoms with Gasteiger partial charge in [0.2, 0.25) is 5.76 Å². The largest absolute Gasteiger partial charge is 0.438 e. The summed E-state index contributed by atoms with van der Waals surface area (Å²) in [6.07, 6.45) is 5.83. The SMILES string of the molecule is O=C(Nc1ccc(-c2ccccn2)nc1)c1cnco1. The van der Waals surface area contributed by atoms with Crippen molar-refractivity contribution >= 4 is 11.6 Å². The highest BCUT2D eigenvalue weighted by Gasteiger charge is 2.09. The standard InChI is InChI=1S/C14H10N4O2/c19-14(13-8-15-9-20-13)18-10-4-5-12(17-7-10)11-3-1-2-6-16-11/h1-9H,(H,18,19). The van der Waals surface area contributed by atoms with Gasteiger partial charge in [-0.15, -0.1) is 0 Å². The van der Waals surface area contributed by atoms with Crippen molar-refractivity contribution in [2.75, 3.05) is 5.32 Å². The molecule has 0 aliphatic rings. The predicted molar refractivity (Wildman–Crippen MR) is 71.9 cm³/mol. The molecular formula is C14H10N4O2. The van der Waals surface area contributed by atoms with E-state index >= 15 is 0 Å². The minimum atomic E-state index is -0.366. The minimum absolute atomic E-state index is 0.152. The fourth-order valence-corrected chi connectivity index (χ4v) is 1.65. The second kappa shape index (κ2) is 5.31. The molecule has 0 bridgehead atoms. The number of amides is 1. The molecule has 1 N–H and O–H groups in total. The number of carbonyl (C=O) groups is 1. The van der Waals surface area contributed by atoms with Crippen molar-refractivity contribution in [1.29, 1.82) is 0 Å². The molecular weight excluding hydrogens is 256 g/mol. The highest BCUT2D eigenvalue weighted by molar-refractivity contribution is 6.01. The number of oxazole rings is 1. The first kappa shape index (κ1) is 12.0. The summed E-state index contributed by atoms with van der Waals surface area (Å²) in [5, 5.41) is 2.67. The van der Waals surface area contributed by atoms with E-state index in [1.165, 1.54) is 12.6 Å². The maximum absolute atomic E-state index is 11.7. The van der Waals surface area contributed by atoms with Crippen LogP contribution in [-0.4, -0.2) is 20.9 Å². The molecule has 6 nitrogen and oxygen atoms in total. The van der Waals surface area contributed by atoms with Gasteiger partial charge in [-0.3, -0.25) is 14.8 Å². The number of aromatic nitrogens is 3. The fourth-order valence-electron chi connectivity index (χ4n) is 1.65. The van der Waals surface area contributed by atoms with Crippen LogP contribution in [0.4, 0.5) is 5.69 Å². The first-order chi connectivity index (χ1) is 9.83. The molecule has 3 aromatic rings. The molecule has 0 saturated heterocycles. The fraction of sp³-hybridized carbons (Fsp3) is 0. The van der Waals surface area contributed by atoms with Crippen LogP contribution in [0, 0.1) is 0 Å². The molecule has 0 atom stereocenters. The molecule has 0 unspecified atom stereocenters. The monoisotopic (exact) mass is 266 g/mol. The molecule has 0 saturated carbocycles. The number of hydrogen-bond acceptors (Lipinski definition) is 5. The van der Waals surface area contributed by atoms with E-state index in [1.54, 1.807) is 24.5 Å². The van der Waals surface area contributed by atoms with E-state index in [2.05, 4.69) is 20.3 Å². The van der Waals surface area contributed by atoms with Gasteiger partial charge < -0.3 is 9.73 Å². The van der Waals surface area contributed by atoms with Gasteiger partial charge in [-0.1, -0.05) is 6.07 Å². The molecule has 6 heteroatoms. The van der Waals surface area contributed by atoms with Crippen molar-refractivity contribution in [3.8, 4) is 11.4 Å². The summed E-state index contributed by atoms with van der Waals surface area (Å²) in [7, 11) is 0. The third kappa shape index (κ3) is 2.54. The molecule has 3 heterocycles. The summed E-state index contributed by atoms with van der Waals surface area (Å²) in [5.74, 6) is -0.214. The van der Waals surface area contributed by atoms with E-state index in [1.807, 2.05) is 18.2 Å². The Kier molecular flexibility index (Phi) is 3.20. The molecule has 0 radical (unpaired) electrons. The summed E-state index contributed by atoms with van der Waals surface area (Å²) >= 11 is 0. The van der Waals surface area contributed by atoms with E-state index < -0.39 is 0 Å². The van der Waals surface area contributed by atoms with Gasteiger partial charge in [0.05, 0.1) is 29.5 Å². The van der Waals surface area contributed by atoms with Crippen LogP contribution >= 0.6 is 0 Å². The Morgan fingerprint density at radius 1 is 1.05 bits per heavy atom. The van der Waals surface area contributed by atoms with Gasteiger partial charge in [0.25, 0.3) is 5.91 Å². The lowest BCUT2D eigenvalue weighted by Gasteiger charge is -2.04. The Morgan fingerprint density at radius 3 is 2.60 bits per heavy atom. The Labute approximate surface area is 114 Å². The third-order valence-electron chi connectivity index (χ3n) is 2.60. The predicted octanol–water partition coefficient (Wildman–Crippen LogP) is 2.38. The second-order valence-electron chi connectivity index (χ2n) is 3.97. The van der Waals surface area contributed by atoms with Crippen molar-refractivity contribution in [3.63, 3.8) is 0 Å².